The molecule has 2 aromatic heterocycles. The molecule has 0 aliphatic rings. The van der Waals surface area contributed by atoms with Gasteiger partial charge in [-0.25, -0.2) is 4.98 Å². The zero-order chi connectivity index (χ0) is 21.3. The van der Waals surface area contributed by atoms with Gasteiger partial charge in [-0.1, -0.05) is 30.8 Å². The number of esters is 1. The van der Waals surface area contributed by atoms with Crippen LogP contribution >= 0.6 is 11.8 Å². The van der Waals surface area contributed by atoms with E-state index >= 15 is 0 Å². The minimum Gasteiger partial charge on any atom is -0.461 e. The second-order valence-corrected chi connectivity index (χ2v) is 7.94. The summed E-state index contributed by atoms with van der Waals surface area (Å²) in [4.78, 5) is 33.0. The molecule has 7 nitrogen and oxygen atoms in total. The molecular weight excluding hydrogens is 400 g/mol. The van der Waals surface area contributed by atoms with Gasteiger partial charge in [-0.3, -0.25) is 14.6 Å². The zero-order valence-corrected chi connectivity index (χ0v) is 18.0. The summed E-state index contributed by atoms with van der Waals surface area (Å²) in [6.07, 6.45) is 4.63. The molecule has 0 bridgehead atoms. The Bertz CT molecular complexity index is 990. The Morgan fingerprint density at radius 1 is 1.23 bits per heavy atom. The van der Waals surface area contributed by atoms with Gasteiger partial charge >= 0.3 is 5.97 Å². The minimum absolute atomic E-state index is 0.105. The summed E-state index contributed by atoms with van der Waals surface area (Å²) in [5, 5.41) is 3.67. The van der Waals surface area contributed by atoms with Crippen molar-refractivity contribution >= 4 is 34.7 Å². The number of amides is 1. The average molecular weight is 427 g/mol. The Balaban J connectivity index is 1.57. The van der Waals surface area contributed by atoms with Crippen LogP contribution in [-0.2, 0) is 16.1 Å². The molecule has 158 valence electrons. The van der Waals surface area contributed by atoms with Crippen LogP contribution < -0.4 is 5.32 Å². The quantitative estimate of drug-likeness (QED) is 0.302. The highest BCUT2D eigenvalue weighted by molar-refractivity contribution is 7.99. The summed E-state index contributed by atoms with van der Waals surface area (Å²) >= 11 is 1.57. The van der Waals surface area contributed by atoms with E-state index in [1.54, 1.807) is 36.3 Å². The number of thioether (sulfide) groups is 1. The molecule has 0 aliphatic carbocycles. The van der Waals surface area contributed by atoms with Gasteiger partial charge in [0.1, 0.15) is 6.54 Å². The van der Waals surface area contributed by atoms with E-state index in [-0.39, 0.29) is 24.5 Å². The van der Waals surface area contributed by atoms with Crippen LogP contribution in [-0.4, -0.2) is 44.8 Å². The highest BCUT2D eigenvalue weighted by Gasteiger charge is 2.16. The number of hydrogen-bond donors (Lipinski definition) is 1. The fraction of sp³-hybridized carbons (Fsp3) is 0.364. The summed E-state index contributed by atoms with van der Waals surface area (Å²) in [6.45, 7) is 4.56. The van der Waals surface area contributed by atoms with Crippen LogP contribution in [0.5, 0.6) is 0 Å². The fourth-order valence-corrected chi connectivity index (χ4v) is 3.78. The van der Waals surface area contributed by atoms with E-state index in [9.17, 15) is 9.59 Å². The molecule has 0 spiro atoms. The van der Waals surface area contributed by atoms with Crippen molar-refractivity contribution in [2.75, 3.05) is 12.3 Å². The Kier molecular flexibility index (Phi) is 7.84. The summed E-state index contributed by atoms with van der Waals surface area (Å²) < 4.78 is 7.34. The number of ether oxygens (including phenoxy) is 1. The van der Waals surface area contributed by atoms with Gasteiger partial charge in [0.15, 0.2) is 5.16 Å². The number of imidazole rings is 1. The monoisotopic (exact) mass is 426 g/mol. The van der Waals surface area contributed by atoms with Crippen LogP contribution in [0.15, 0.2) is 53.9 Å². The Hall–Kier alpha value is -2.87. The standard InChI is InChI=1S/C22H26N4O3S/c1-3-16(2)29-20(27)15-26-19-10-5-4-9-18(19)25-22(26)30-13-7-12-24-21(28)17-8-6-11-23-14-17/h4-6,8-11,14,16H,3,7,12-13,15H2,1-2H3,(H,24,28). The Labute approximate surface area is 180 Å². The summed E-state index contributed by atoms with van der Waals surface area (Å²) in [6, 6.07) is 11.2. The predicted octanol–water partition coefficient (Wildman–Crippen LogP) is 3.69. The number of carbonyl (C=O) groups excluding carboxylic acids is 2. The van der Waals surface area contributed by atoms with Crippen molar-refractivity contribution in [2.24, 2.45) is 0 Å². The van der Waals surface area contributed by atoms with Gasteiger partial charge < -0.3 is 14.6 Å². The van der Waals surface area contributed by atoms with Crippen molar-refractivity contribution in [3.8, 4) is 0 Å². The Morgan fingerprint density at radius 3 is 2.83 bits per heavy atom. The zero-order valence-electron chi connectivity index (χ0n) is 17.2. The number of carbonyl (C=O) groups is 2. The number of aromatic nitrogens is 3. The second kappa shape index (κ2) is 10.8. The topological polar surface area (TPSA) is 86.1 Å². The molecule has 1 atom stereocenters. The number of fused-ring (bicyclic) bond motifs is 1. The minimum atomic E-state index is -0.266. The molecule has 2 heterocycles. The molecule has 0 fully saturated rings. The third-order valence-corrected chi connectivity index (χ3v) is 5.64. The van der Waals surface area contributed by atoms with E-state index in [0.29, 0.717) is 12.1 Å². The lowest BCUT2D eigenvalue weighted by atomic mass is 10.2. The molecule has 8 heteroatoms. The molecule has 3 rings (SSSR count). The third kappa shape index (κ3) is 5.82. The highest BCUT2D eigenvalue weighted by Crippen LogP contribution is 2.24. The highest BCUT2D eigenvalue weighted by atomic mass is 32.2. The molecule has 0 aliphatic heterocycles. The molecular formula is C22H26N4O3S. The molecule has 1 aromatic carbocycles. The van der Waals surface area contributed by atoms with Gasteiger partial charge in [-0.15, -0.1) is 0 Å². The molecule has 0 saturated carbocycles. The van der Waals surface area contributed by atoms with Crippen molar-refractivity contribution in [3.63, 3.8) is 0 Å². The van der Waals surface area contributed by atoms with Crippen molar-refractivity contribution in [2.45, 2.75) is 44.5 Å². The Morgan fingerprint density at radius 2 is 2.07 bits per heavy atom. The first kappa shape index (κ1) is 21.8. The van der Waals surface area contributed by atoms with Crippen molar-refractivity contribution in [3.05, 3.63) is 54.4 Å². The van der Waals surface area contributed by atoms with Gasteiger partial charge in [-0.05, 0) is 44.0 Å². The fourth-order valence-electron chi connectivity index (χ4n) is 2.83. The maximum absolute atomic E-state index is 12.3. The number of hydrogen-bond acceptors (Lipinski definition) is 6. The summed E-state index contributed by atoms with van der Waals surface area (Å²) in [5.74, 6) is 0.364. The van der Waals surface area contributed by atoms with Gasteiger partial charge in [0.25, 0.3) is 5.91 Å². The van der Waals surface area contributed by atoms with Crippen LogP contribution in [0.2, 0.25) is 0 Å². The lowest BCUT2D eigenvalue weighted by Crippen LogP contribution is -2.24. The van der Waals surface area contributed by atoms with E-state index in [0.717, 1.165) is 34.8 Å². The molecule has 0 saturated heterocycles. The largest absolute Gasteiger partial charge is 0.461 e. The molecule has 1 N–H and O–H groups in total. The maximum atomic E-state index is 12.3. The molecule has 1 amide bonds. The number of pyridine rings is 1. The van der Waals surface area contributed by atoms with Crippen molar-refractivity contribution < 1.29 is 14.3 Å². The predicted molar refractivity (Wildman–Crippen MR) is 117 cm³/mol. The van der Waals surface area contributed by atoms with Crippen LogP contribution in [0.4, 0.5) is 0 Å². The van der Waals surface area contributed by atoms with E-state index in [1.165, 1.54) is 0 Å². The van der Waals surface area contributed by atoms with E-state index in [4.69, 9.17) is 4.74 Å². The smallest absolute Gasteiger partial charge is 0.326 e. The third-order valence-electron chi connectivity index (χ3n) is 4.58. The first-order valence-corrected chi connectivity index (χ1v) is 11.0. The van der Waals surface area contributed by atoms with Crippen molar-refractivity contribution in [1.82, 2.24) is 19.9 Å². The van der Waals surface area contributed by atoms with E-state index in [1.807, 2.05) is 42.7 Å². The number of nitrogens with one attached hydrogen (secondary N) is 1. The van der Waals surface area contributed by atoms with Crippen LogP contribution in [0.25, 0.3) is 11.0 Å². The number of para-hydroxylation sites is 2. The molecule has 30 heavy (non-hydrogen) atoms. The van der Waals surface area contributed by atoms with Gasteiger partial charge in [0.2, 0.25) is 0 Å². The van der Waals surface area contributed by atoms with Crippen LogP contribution in [0.3, 0.4) is 0 Å². The van der Waals surface area contributed by atoms with Gasteiger partial charge in [-0.2, -0.15) is 0 Å². The van der Waals surface area contributed by atoms with Gasteiger partial charge in [0.05, 0.1) is 22.7 Å². The van der Waals surface area contributed by atoms with Crippen LogP contribution in [0, 0.1) is 0 Å². The molecule has 0 radical (unpaired) electrons. The lowest BCUT2D eigenvalue weighted by Gasteiger charge is -2.13. The summed E-state index contributed by atoms with van der Waals surface area (Å²) in [7, 11) is 0. The molecule has 3 aromatic rings. The van der Waals surface area contributed by atoms with E-state index in [2.05, 4.69) is 15.3 Å². The first-order valence-electron chi connectivity index (χ1n) is 10.0. The number of benzene rings is 1. The maximum Gasteiger partial charge on any atom is 0.326 e. The normalized spacial score (nSPS) is 11.9. The lowest BCUT2D eigenvalue weighted by molar-refractivity contribution is -0.149. The van der Waals surface area contributed by atoms with Gasteiger partial charge in [0, 0.05) is 24.7 Å². The van der Waals surface area contributed by atoms with E-state index < -0.39 is 0 Å². The van der Waals surface area contributed by atoms with Crippen molar-refractivity contribution in [1.29, 1.82) is 0 Å². The summed E-state index contributed by atoms with van der Waals surface area (Å²) in [5.41, 5.74) is 2.30. The first-order chi connectivity index (χ1) is 14.6. The SMILES string of the molecule is CCC(C)OC(=O)Cn1c(SCCCNC(=O)c2cccnc2)nc2ccccc21. The van der Waals surface area contributed by atoms with Crippen LogP contribution in [0.1, 0.15) is 37.0 Å². The molecule has 1 unspecified atom stereocenters. The average Bonchev–Trinajstić information content (AvgIpc) is 3.11. The number of nitrogens with zero attached hydrogens (tertiary/aromatic N) is 3. The second-order valence-electron chi connectivity index (χ2n) is 6.88. The number of rotatable bonds is 10.